The second kappa shape index (κ2) is 6.23. The Morgan fingerprint density at radius 2 is 1.95 bits per heavy atom. The van der Waals surface area contributed by atoms with E-state index in [0.29, 0.717) is 12.0 Å². The van der Waals surface area contributed by atoms with E-state index in [4.69, 9.17) is 0 Å². The van der Waals surface area contributed by atoms with E-state index in [-0.39, 0.29) is 0 Å². The molecule has 0 amide bonds. The van der Waals surface area contributed by atoms with E-state index >= 15 is 0 Å². The number of aromatic nitrogens is 2. The largest absolute Gasteiger partial charge is 0.308 e. The highest BCUT2D eigenvalue weighted by Crippen LogP contribution is 2.33. The number of hydrogen-bond donors (Lipinski definition) is 1. The summed E-state index contributed by atoms with van der Waals surface area (Å²) >= 11 is 0. The maximum Gasteiger partial charge on any atom is 0.0518 e. The summed E-state index contributed by atoms with van der Waals surface area (Å²) in [5.74, 6) is 0.651. The lowest BCUT2D eigenvalue weighted by molar-refractivity contribution is 0.323. The van der Waals surface area contributed by atoms with Crippen LogP contribution in [0.2, 0.25) is 0 Å². The first kappa shape index (κ1) is 13.4. The quantitative estimate of drug-likeness (QED) is 0.923. The molecule has 0 bridgehead atoms. The molecule has 1 N–H and O–H groups in total. The van der Waals surface area contributed by atoms with E-state index < -0.39 is 0 Å². The van der Waals surface area contributed by atoms with Gasteiger partial charge in [0.1, 0.15) is 0 Å². The van der Waals surface area contributed by atoms with Crippen LogP contribution in [0.4, 0.5) is 0 Å². The van der Waals surface area contributed by atoms with Crippen LogP contribution in [0.25, 0.3) is 0 Å². The molecule has 1 aliphatic rings. The molecule has 1 saturated carbocycles. The SMILES string of the molecule is Cn1nccc1CNC1CCCCC1c1ccccc1. The van der Waals surface area contributed by atoms with Gasteiger partial charge in [-0.25, -0.2) is 0 Å². The van der Waals surface area contributed by atoms with E-state index in [1.807, 2.05) is 17.9 Å². The van der Waals surface area contributed by atoms with Crippen LogP contribution in [0.5, 0.6) is 0 Å². The molecule has 1 fully saturated rings. The minimum absolute atomic E-state index is 0.584. The van der Waals surface area contributed by atoms with Crippen LogP contribution in [0.15, 0.2) is 42.6 Å². The summed E-state index contributed by atoms with van der Waals surface area (Å²) in [4.78, 5) is 0. The molecule has 0 radical (unpaired) electrons. The maximum absolute atomic E-state index is 4.23. The highest BCUT2D eigenvalue weighted by Gasteiger charge is 2.25. The maximum atomic E-state index is 4.23. The van der Waals surface area contributed by atoms with E-state index in [1.54, 1.807) is 0 Å². The summed E-state index contributed by atoms with van der Waals surface area (Å²) in [5, 5.41) is 7.99. The molecule has 20 heavy (non-hydrogen) atoms. The van der Waals surface area contributed by atoms with Gasteiger partial charge in [0.2, 0.25) is 0 Å². The number of aryl methyl sites for hydroxylation is 1. The Morgan fingerprint density at radius 3 is 2.70 bits per heavy atom. The summed E-state index contributed by atoms with van der Waals surface area (Å²) in [6.45, 7) is 0.907. The van der Waals surface area contributed by atoms with Crippen LogP contribution >= 0.6 is 0 Å². The second-order valence-corrected chi connectivity index (χ2v) is 5.74. The normalized spacial score (nSPS) is 22.9. The molecule has 2 aromatic rings. The lowest BCUT2D eigenvalue weighted by atomic mass is 9.80. The molecule has 3 nitrogen and oxygen atoms in total. The Kier molecular flexibility index (Phi) is 4.16. The van der Waals surface area contributed by atoms with E-state index in [1.165, 1.54) is 36.9 Å². The molecule has 3 heteroatoms. The monoisotopic (exact) mass is 269 g/mol. The Bertz CT molecular complexity index is 532. The van der Waals surface area contributed by atoms with Crippen molar-refractivity contribution in [1.82, 2.24) is 15.1 Å². The molecular weight excluding hydrogens is 246 g/mol. The average molecular weight is 269 g/mol. The first-order valence-corrected chi connectivity index (χ1v) is 7.60. The summed E-state index contributed by atoms with van der Waals surface area (Å²) in [7, 11) is 2.01. The fourth-order valence-corrected chi connectivity index (χ4v) is 3.28. The number of nitrogens with zero attached hydrogens (tertiary/aromatic N) is 2. The van der Waals surface area contributed by atoms with Gasteiger partial charge in [0.25, 0.3) is 0 Å². The molecule has 2 atom stereocenters. The van der Waals surface area contributed by atoms with E-state index in [9.17, 15) is 0 Å². The van der Waals surface area contributed by atoms with Gasteiger partial charge in [-0.2, -0.15) is 5.10 Å². The van der Waals surface area contributed by atoms with Crippen LogP contribution in [0.1, 0.15) is 42.9 Å². The van der Waals surface area contributed by atoms with Crippen molar-refractivity contribution in [3.05, 3.63) is 53.9 Å². The van der Waals surface area contributed by atoms with Crippen molar-refractivity contribution in [2.45, 2.75) is 44.2 Å². The number of benzene rings is 1. The van der Waals surface area contributed by atoms with Crippen molar-refractivity contribution in [2.75, 3.05) is 0 Å². The summed E-state index contributed by atoms with van der Waals surface area (Å²) < 4.78 is 1.95. The number of hydrogen-bond acceptors (Lipinski definition) is 2. The van der Waals surface area contributed by atoms with Crippen LogP contribution in [-0.4, -0.2) is 15.8 Å². The van der Waals surface area contributed by atoms with Gasteiger partial charge in [-0.3, -0.25) is 4.68 Å². The standard InChI is InChI=1S/C17H23N3/c1-20-15(11-12-19-20)13-18-17-10-6-5-9-16(17)14-7-3-2-4-8-14/h2-4,7-8,11-12,16-18H,5-6,9-10,13H2,1H3. The molecule has 1 aliphatic carbocycles. The zero-order valence-corrected chi connectivity index (χ0v) is 12.1. The Labute approximate surface area is 121 Å². The summed E-state index contributed by atoms with van der Waals surface area (Å²) in [6, 6.07) is 13.6. The van der Waals surface area contributed by atoms with Crippen LogP contribution in [-0.2, 0) is 13.6 Å². The Balaban J connectivity index is 1.68. The highest BCUT2D eigenvalue weighted by molar-refractivity contribution is 5.22. The molecule has 1 aromatic carbocycles. The van der Waals surface area contributed by atoms with E-state index in [2.05, 4.69) is 46.8 Å². The van der Waals surface area contributed by atoms with Crippen LogP contribution < -0.4 is 5.32 Å². The van der Waals surface area contributed by atoms with Crippen molar-refractivity contribution in [3.8, 4) is 0 Å². The fraction of sp³-hybridized carbons (Fsp3) is 0.471. The molecule has 1 heterocycles. The summed E-state index contributed by atoms with van der Waals surface area (Å²) in [6.07, 6.45) is 7.13. The van der Waals surface area contributed by atoms with Gasteiger partial charge < -0.3 is 5.32 Å². The van der Waals surface area contributed by atoms with Crippen LogP contribution in [0.3, 0.4) is 0 Å². The van der Waals surface area contributed by atoms with Crippen LogP contribution in [0, 0.1) is 0 Å². The number of rotatable bonds is 4. The van der Waals surface area contributed by atoms with Crippen molar-refractivity contribution >= 4 is 0 Å². The van der Waals surface area contributed by atoms with Gasteiger partial charge in [0.15, 0.2) is 0 Å². The Morgan fingerprint density at radius 1 is 1.15 bits per heavy atom. The van der Waals surface area contributed by atoms with Crippen molar-refractivity contribution in [1.29, 1.82) is 0 Å². The molecule has 2 unspecified atom stereocenters. The third-order valence-corrected chi connectivity index (χ3v) is 4.46. The zero-order chi connectivity index (χ0) is 13.8. The average Bonchev–Trinajstić information content (AvgIpc) is 2.92. The van der Waals surface area contributed by atoms with Gasteiger partial charge >= 0.3 is 0 Å². The zero-order valence-electron chi connectivity index (χ0n) is 12.1. The van der Waals surface area contributed by atoms with Gasteiger partial charge in [0.05, 0.1) is 5.69 Å². The molecule has 106 valence electrons. The lowest BCUT2D eigenvalue weighted by Crippen LogP contribution is -2.37. The van der Waals surface area contributed by atoms with E-state index in [0.717, 1.165) is 6.54 Å². The minimum Gasteiger partial charge on any atom is -0.308 e. The predicted molar refractivity (Wildman–Crippen MR) is 81.5 cm³/mol. The summed E-state index contributed by atoms with van der Waals surface area (Å²) in [5.41, 5.74) is 2.73. The van der Waals surface area contributed by atoms with Gasteiger partial charge in [0, 0.05) is 25.8 Å². The highest BCUT2D eigenvalue weighted by atomic mass is 15.3. The fourth-order valence-electron chi connectivity index (χ4n) is 3.28. The molecule has 0 aliphatic heterocycles. The van der Waals surface area contributed by atoms with Gasteiger partial charge in [-0.1, -0.05) is 43.2 Å². The second-order valence-electron chi connectivity index (χ2n) is 5.74. The molecule has 0 spiro atoms. The van der Waals surface area contributed by atoms with Crippen molar-refractivity contribution < 1.29 is 0 Å². The third-order valence-electron chi connectivity index (χ3n) is 4.46. The minimum atomic E-state index is 0.584. The number of nitrogens with one attached hydrogen (secondary N) is 1. The first-order valence-electron chi connectivity index (χ1n) is 7.60. The lowest BCUT2D eigenvalue weighted by Gasteiger charge is -2.32. The molecule has 3 rings (SSSR count). The first-order chi connectivity index (χ1) is 9.84. The molecule has 1 aromatic heterocycles. The topological polar surface area (TPSA) is 29.9 Å². The molecular formula is C17H23N3. The smallest absolute Gasteiger partial charge is 0.0518 e. The van der Waals surface area contributed by atoms with Gasteiger partial charge in [-0.15, -0.1) is 0 Å². The third kappa shape index (κ3) is 2.93. The Hall–Kier alpha value is -1.61. The van der Waals surface area contributed by atoms with Crippen molar-refractivity contribution in [3.63, 3.8) is 0 Å². The van der Waals surface area contributed by atoms with Gasteiger partial charge in [-0.05, 0) is 30.4 Å². The van der Waals surface area contributed by atoms with Crippen molar-refractivity contribution in [2.24, 2.45) is 7.05 Å². The molecule has 0 saturated heterocycles. The predicted octanol–water partition coefficient (Wildman–Crippen LogP) is 3.24.